The third-order valence-electron chi connectivity index (χ3n) is 4.80. The van der Waals surface area contributed by atoms with Crippen LogP contribution in [0.2, 0.25) is 0 Å². The molecule has 26 heavy (non-hydrogen) atoms. The van der Waals surface area contributed by atoms with Gasteiger partial charge in [-0.1, -0.05) is 0 Å². The third-order valence-corrected chi connectivity index (χ3v) is 4.80. The van der Waals surface area contributed by atoms with Crippen molar-refractivity contribution < 1.29 is 19.2 Å². The van der Waals surface area contributed by atoms with Crippen molar-refractivity contribution in [3.63, 3.8) is 0 Å². The Hall–Kier alpha value is -2.68. The smallest absolute Gasteiger partial charge is 0.328 e. The van der Waals surface area contributed by atoms with Gasteiger partial charge in [0.25, 0.3) is 0 Å². The highest BCUT2D eigenvalue weighted by Gasteiger charge is 2.33. The molecule has 0 bridgehead atoms. The summed E-state index contributed by atoms with van der Waals surface area (Å²) in [6, 6.07) is 2.47. The number of aliphatic hydroxyl groups is 1. The van der Waals surface area contributed by atoms with Crippen LogP contribution in [0.3, 0.4) is 0 Å². The van der Waals surface area contributed by atoms with Crippen LogP contribution in [0, 0.1) is 21.8 Å². The number of halogens is 1. The van der Waals surface area contributed by atoms with Crippen LogP contribution in [-0.2, 0) is 7.05 Å². The number of nitrogens with zero attached hydrogens (tertiary/aromatic N) is 4. The van der Waals surface area contributed by atoms with Crippen LogP contribution in [0.1, 0.15) is 24.8 Å². The van der Waals surface area contributed by atoms with Crippen LogP contribution in [0.4, 0.5) is 15.8 Å². The lowest BCUT2D eigenvalue weighted by atomic mass is 9.91. The molecule has 1 fully saturated rings. The molecule has 140 valence electrons. The number of aliphatic hydroxyl groups excluding tert-OH is 1. The van der Waals surface area contributed by atoms with E-state index in [-0.39, 0.29) is 17.4 Å². The molecule has 1 N–H and O–H groups in total. The minimum atomic E-state index is -0.934. The van der Waals surface area contributed by atoms with E-state index in [0.29, 0.717) is 18.9 Å². The van der Waals surface area contributed by atoms with Gasteiger partial charge in [-0.05, 0) is 12.8 Å². The number of anilines is 1. The number of aromatic nitrogens is 2. The molecule has 1 saturated heterocycles. The zero-order valence-corrected chi connectivity index (χ0v) is 14.6. The van der Waals surface area contributed by atoms with Gasteiger partial charge in [-0.15, -0.1) is 0 Å². The summed E-state index contributed by atoms with van der Waals surface area (Å²) in [5.74, 6) is -0.340. The molecule has 1 aromatic carbocycles. The fourth-order valence-corrected chi connectivity index (χ4v) is 3.46. The first kappa shape index (κ1) is 18.1. The van der Waals surface area contributed by atoms with Gasteiger partial charge in [0, 0.05) is 50.6 Å². The molecule has 2 unspecified atom stereocenters. The Bertz CT molecular complexity index is 810. The van der Waals surface area contributed by atoms with Crippen LogP contribution in [0.15, 0.2) is 24.5 Å². The second-order valence-corrected chi connectivity index (χ2v) is 6.42. The fourth-order valence-electron chi connectivity index (χ4n) is 3.46. The first-order chi connectivity index (χ1) is 12.4. The third kappa shape index (κ3) is 3.34. The first-order valence-electron chi connectivity index (χ1n) is 8.34. The topological polar surface area (TPSA) is 93.7 Å². The molecule has 0 radical (unpaired) electrons. The summed E-state index contributed by atoms with van der Waals surface area (Å²) >= 11 is 0. The summed E-state index contributed by atoms with van der Waals surface area (Å²) < 4.78 is 21.0. The molecule has 3 rings (SSSR count). The van der Waals surface area contributed by atoms with Crippen LogP contribution in [0.5, 0.6) is 5.75 Å². The number of rotatable bonds is 5. The summed E-state index contributed by atoms with van der Waals surface area (Å²) in [5.41, 5.74) is -0.401. The molecule has 0 aliphatic carbocycles. The lowest BCUT2D eigenvalue weighted by Gasteiger charge is -2.36. The molecule has 1 aromatic heterocycles. The summed E-state index contributed by atoms with van der Waals surface area (Å²) in [5, 5.41) is 22.0. The maximum Gasteiger partial charge on any atom is 0.328 e. The number of ether oxygens (including phenoxy) is 1. The highest BCUT2D eigenvalue weighted by molar-refractivity contribution is 5.67. The molecule has 2 heterocycles. The Labute approximate surface area is 150 Å². The normalized spacial score (nSPS) is 18.6. The van der Waals surface area contributed by atoms with Crippen LogP contribution < -0.4 is 9.64 Å². The van der Waals surface area contributed by atoms with Crippen molar-refractivity contribution in [2.45, 2.75) is 18.9 Å². The molecule has 2 aromatic rings. The van der Waals surface area contributed by atoms with Crippen LogP contribution in [-0.4, -0.2) is 39.8 Å². The molecule has 0 saturated carbocycles. The van der Waals surface area contributed by atoms with Gasteiger partial charge in [-0.3, -0.25) is 10.1 Å². The van der Waals surface area contributed by atoms with E-state index in [1.54, 1.807) is 28.9 Å². The highest BCUT2D eigenvalue weighted by atomic mass is 19.1. The predicted molar refractivity (Wildman–Crippen MR) is 92.7 cm³/mol. The van der Waals surface area contributed by atoms with E-state index in [2.05, 4.69) is 4.98 Å². The number of nitro benzene ring substituents is 1. The fraction of sp³-hybridized carbons (Fsp3) is 0.471. The van der Waals surface area contributed by atoms with Crippen LogP contribution >= 0.6 is 0 Å². The molecule has 8 nitrogen and oxygen atoms in total. The number of nitro groups is 1. The molecule has 9 heteroatoms. The van der Waals surface area contributed by atoms with Crippen molar-refractivity contribution in [1.29, 1.82) is 0 Å². The zero-order chi connectivity index (χ0) is 18.8. The Kier molecular flexibility index (Phi) is 5.08. The number of imidazole rings is 1. The maximum atomic E-state index is 14.2. The number of hydrogen-bond acceptors (Lipinski definition) is 6. The monoisotopic (exact) mass is 364 g/mol. The predicted octanol–water partition coefficient (Wildman–Crippen LogP) is 2.43. The summed E-state index contributed by atoms with van der Waals surface area (Å²) in [4.78, 5) is 16.6. The van der Waals surface area contributed by atoms with Crippen molar-refractivity contribution in [1.82, 2.24) is 9.55 Å². The molecule has 0 amide bonds. The van der Waals surface area contributed by atoms with Crippen molar-refractivity contribution >= 4 is 11.4 Å². The van der Waals surface area contributed by atoms with E-state index in [4.69, 9.17) is 4.74 Å². The summed E-state index contributed by atoms with van der Waals surface area (Å²) in [6.07, 6.45) is 4.04. The Morgan fingerprint density at radius 1 is 1.50 bits per heavy atom. The number of hydrogen-bond donors (Lipinski definition) is 1. The quantitative estimate of drug-likeness (QED) is 0.647. The summed E-state index contributed by atoms with van der Waals surface area (Å²) in [6.45, 7) is 0.901. The largest absolute Gasteiger partial charge is 0.497 e. The lowest BCUT2D eigenvalue weighted by molar-refractivity contribution is -0.386. The molecule has 2 atom stereocenters. The van der Waals surface area contributed by atoms with E-state index < -0.39 is 22.5 Å². The molecular formula is C17H21FN4O4. The van der Waals surface area contributed by atoms with Crippen molar-refractivity contribution in [2.75, 3.05) is 25.1 Å². The minimum Gasteiger partial charge on any atom is -0.497 e. The lowest BCUT2D eigenvalue weighted by Crippen LogP contribution is -2.38. The van der Waals surface area contributed by atoms with Crippen molar-refractivity contribution in [2.24, 2.45) is 13.0 Å². The average Bonchev–Trinajstić information content (AvgIpc) is 3.06. The van der Waals surface area contributed by atoms with Gasteiger partial charge < -0.3 is 19.3 Å². The Morgan fingerprint density at radius 3 is 2.88 bits per heavy atom. The Balaban J connectivity index is 1.91. The number of methoxy groups -OCH3 is 1. The van der Waals surface area contributed by atoms with E-state index >= 15 is 0 Å². The molecule has 0 spiro atoms. The van der Waals surface area contributed by atoms with Gasteiger partial charge in [0.2, 0.25) is 5.82 Å². The van der Waals surface area contributed by atoms with Gasteiger partial charge in [0.15, 0.2) is 0 Å². The van der Waals surface area contributed by atoms with E-state index in [0.717, 1.165) is 18.9 Å². The maximum absolute atomic E-state index is 14.2. The highest BCUT2D eigenvalue weighted by Crippen LogP contribution is 2.38. The standard InChI is InChI=1S/C17H21FN4O4/c1-20-7-5-19-17(20)16(23)11-4-3-6-21(10-11)14-9-12(26-2)8-13(18)15(14)22(24)25/h5,7-9,11,16,23H,3-4,6,10H2,1-2H3. The average molecular weight is 364 g/mol. The second kappa shape index (κ2) is 7.28. The molecule has 1 aliphatic heterocycles. The number of benzene rings is 1. The first-order valence-corrected chi connectivity index (χ1v) is 8.34. The second-order valence-electron chi connectivity index (χ2n) is 6.42. The minimum absolute atomic E-state index is 0.168. The van der Waals surface area contributed by atoms with Crippen molar-refractivity contribution in [3.05, 3.63) is 46.3 Å². The van der Waals surface area contributed by atoms with E-state index in [9.17, 15) is 19.6 Å². The molecule has 1 aliphatic rings. The van der Waals surface area contributed by atoms with Crippen molar-refractivity contribution in [3.8, 4) is 5.75 Å². The van der Waals surface area contributed by atoms with Gasteiger partial charge in [0.1, 0.15) is 23.4 Å². The van der Waals surface area contributed by atoms with Gasteiger partial charge in [0.05, 0.1) is 12.0 Å². The SMILES string of the molecule is COc1cc(F)c([N+](=O)[O-])c(N2CCCC(C(O)c3nccn3C)C2)c1. The zero-order valence-electron chi connectivity index (χ0n) is 14.6. The van der Waals surface area contributed by atoms with Crippen LogP contribution in [0.25, 0.3) is 0 Å². The van der Waals surface area contributed by atoms with Gasteiger partial charge >= 0.3 is 5.69 Å². The Morgan fingerprint density at radius 2 is 2.27 bits per heavy atom. The number of aryl methyl sites for hydroxylation is 1. The van der Waals surface area contributed by atoms with E-state index in [1.807, 2.05) is 0 Å². The molecular weight excluding hydrogens is 343 g/mol. The van der Waals surface area contributed by atoms with E-state index in [1.165, 1.54) is 13.2 Å². The van der Waals surface area contributed by atoms with Gasteiger partial charge in [-0.2, -0.15) is 4.39 Å². The van der Waals surface area contributed by atoms with Gasteiger partial charge in [-0.25, -0.2) is 4.98 Å². The number of piperidine rings is 1. The summed E-state index contributed by atoms with van der Waals surface area (Å²) in [7, 11) is 3.18.